The number of aryl methyl sites for hydroxylation is 1. The van der Waals surface area contributed by atoms with Crippen molar-refractivity contribution in [3.63, 3.8) is 0 Å². The van der Waals surface area contributed by atoms with Crippen molar-refractivity contribution in [2.45, 2.75) is 38.7 Å². The zero-order chi connectivity index (χ0) is 28.6. The molecule has 0 heterocycles. The summed E-state index contributed by atoms with van der Waals surface area (Å²) in [6.45, 7) is 1.79. The largest absolute Gasteiger partial charge is 0.573 e. The fourth-order valence-electron chi connectivity index (χ4n) is 3.49. The van der Waals surface area contributed by atoms with Gasteiger partial charge >= 0.3 is 12.5 Å². The first-order valence-corrected chi connectivity index (χ1v) is 10.5. The molecular formula is C24H14F11O3. The summed E-state index contributed by atoms with van der Waals surface area (Å²) in [5.41, 5.74) is -5.25. The first-order chi connectivity index (χ1) is 17.6. The molecule has 3 aromatic carbocycles. The molecule has 0 aliphatic rings. The van der Waals surface area contributed by atoms with E-state index in [1.54, 1.807) is 6.92 Å². The Morgan fingerprint density at radius 2 is 1.26 bits per heavy atom. The maximum Gasteiger partial charge on any atom is 0.573 e. The van der Waals surface area contributed by atoms with Gasteiger partial charge in [0, 0.05) is 18.2 Å². The lowest BCUT2D eigenvalue weighted by Gasteiger charge is -2.21. The Morgan fingerprint density at radius 3 is 1.76 bits per heavy atom. The van der Waals surface area contributed by atoms with Gasteiger partial charge in [-0.15, -0.1) is 13.2 Å². The molecule has 3 rings (SSSR count). The highest BCUT2D eigenvalue weighted by molar-refractivity contribution is 5.73. The third kappa shape index (κ3) is 6.05. The van der Waals surface area contributed by atoms with Crippen molar-refractivity contribution >= 4 is 0 Å². The van der Waals surface area contributed by atoms with Crippen LogP contribution >= 0.6 is 0 Å². The first kappa shape index (κ1) is 28.9. The topological polar surface area (TPSA) is 38.4 Å². The van der Waals surface area contributed by atoms with Crippen molar-refractivity contribution in [3.8, 4) is 28.4 Å². The van der Waals surface area contributed by atoms with E-state index < -0.39 is 81.3 Å². The third-order valence-corrected chi connectivity index (χ3v) is 5.08. The van der Waals surface area contributed by atoms with Crippen LogP contribution in [0, 0.1) is 34.9 Å². The maximum absolute atomic E-state index is 15.1. The zero-order valence-electron chi connectivity index (χ0n) is 18.9. The molecule has 0 amide bonds. The Bertz CT molecular complexity index is 1310. The molecule has 0 aliphatic carbocycles. The van der Waals surface area contributed by atoms with Gasteiger partial charge in [-0.05, 0) is 30.5 Å². The minimum absolute atomic E-state index is 0.108. The van der Waals surface area contributed by atoms with Crippen molar-refractivity contribution in [3.05, 3.63) is 76.4 Å². The van der Waals surface area contributed by atoms with Crippen LogP contribution < -0.4 is 9.47 Å². The third-order valence-electron chi connectivity index (χ3n) is 5.08. The van der Waals surface area contributed by atoms with Crippen LogP contribution in [0.5, 0.6) is 17.2 Å². The fourth-order valence-corrected chi connectivity index (χ4v) is 3.49. The van der Waals surface area contributed by atoms with Crippen LogP contribution in [0.4, 0.5) is 48.3 Å². The van der Waals surface area contributed by atoms with Gasteiger partial charge in [0.25, 0.3) is 0 Å². The van der Waals surface area contributed by atoms with E-state index >= 15 is 4.39 Å². The number of hydrogen-bond donors (Lipinski definition) is 0. The van der Waals surface area contributed by atoms with Crippen molar-refractivity contribution in [1.29, 1.82) is 0 Å². The molecule has 1 radical (unpaired) electrons. The molecule has 0 bridgehead atoms. The molecule has 38 heavy (non-hydrogen) atoms. The van der Waals surface area contributed by atoms with Gasteiger partial charge in [0.2, 0.25) is 5.75 Å². The number of unbranched alkanes of at least 4 members (excludes halogenated alkanes) is 1. The number of halogens is 11. The van der Waals surface area contributed by atoms with E-state index in [4.69, 9.17) is 0 Å². The lowest BCUT2D eigenvalue weighted by molar-refractivity contribution is -0.276. The summed E-state index contributed by atoms with van der Waals surface area (Å²) in [4.78, 5) is 0. The Morgan fingerprint density at radius 1 is 0.711 bits per heavy atom. The van der Waals surface area contributed by atoms with Crippen LogP contribution in [-0.4, -0.2) is 6.36 Å². The molecule has 0 saturated carbocycles. The summed E-state index contributed by atoms with van der Waals surface area (Å²) in [6, 6.07) is 0.855. The summed E-state index contributed by atoms with van der Waals surface area (Å²) in [7, 11) is 0. The number of ether oxygens (including phenoxy) is 2. The lowest BCUT2D eigenvalue weighted by Crippen LogP contribution is -2.26. The fraction of sp³-hybridized carbons (Fsp3) is 0.250. The molecule has 0 fully saturated rings. The van der Waals surface area contributed by atoms with E-state index in [1.807, 2.05) is 0 Å². The first-order valence-electron chi connectivity index (χ1n) is 10.5. The average Bonchev–Trinajstić information content (AvgIpc) is 2.75. The second kappa shape index (κ2) is 10.6. The number of benzene rings is 3. The van der Waals surface area contributed by atoms with Crippen LogP contribution in [0.1, 0.15) is 30.9 Å². The molecule has 0 atom stereocenters. The van der Waals surface area contributed by atoms with E-state index in [2.05, 4.69) is 9.47 Å². The molecule has 205 valence electrons. The van der Waals surface area contributed by atoms with E-state index in [1.165, 1.54) is 0 Å². The highest BCUT2D eigenvalue weighted by Crippen LogP contribution is 2.44. The van der Waals surface area contributed by atoms with Gasteiger partial charge in [0.15, 0.2) is 23.2 Å². The Hall–Kier alpha value is -3.71. The van der Waals surface area contributed by atoms with Crippen LogP contribution in [0.2, 0.25) is 0 Å². The second-order valence-electron chi connectivity index (χ2n) is 7.84. The summed E-state index contributed by atoms with van der Waals surface area (Å²) < 4.78 is 160. The Labute approximate surface area is 207 Å². The standard InChI is InChI=1S/C24H14F11O3/c1-2-3-4-10-5-12(25)18(13(26)6-10)19-17(36)9-14(27)20(21(19)30)23(31,32)37-11-7-15(28)22(16(29)8-11)38-24(33,34)35/h5-9H,2-4H2,1H3. The van der Waals surface area contributed by atoms with Gasteiger partial charge in [-0.2, -0.15) is 8.78 Å². The SMILES string of the molecule is CCCCc1cc(F)c(-c2c([O])cc(F)c(C(F)(F)Oc3cc(F)c(OC(F)(F)F)c(F)c3)c2F)c(F)c1. The summed E-state index contributed by atoms with van der Waals surface area (Å²) in [5, 5.41) is 12.2. The average molecular weight is 559 g/mol. The van der Waals surface area contributed by atoms with E-state index in [0.717, 1.165) is 12.1 Å². The van der Waals surface area contributed by atoms with E-state index in [0.29, 0.717) is 12.8 Å². The maximum atomic E-state index is 15.1. The van der Waals surface area contributed by atoms with Gasteiger partial charge < -0.3 is 9.47 Å². The van der Waals surface area contributed by atoms with Crippen molar-refractivity contribution in [2.24, 2.45) is 0 Å². The highest BCUT2D eigenvalue weighted by Gasteiger charge is 2.44. The van der Waals surface area contributed by atoms with Crippen LogP contribution in [0.15, 0.2) is 30.3 Å². The predicted molar refractivity (Wildman–Crippen MR) is 108 cm³/mol. The molecule has 3 aromatic rings. The quantitative estimate of drug-likeness (QED) is 0.259. The van der Waals surface area contributed by atoms with Crippen LogP contribution in [0.3, 0.4) is 0 Å². The van der Waals surface area contributed by atoms with Crippen LogP contribution in [0.25, 0.3) is 11.1 Å². The van der Waals surface area contributed by atoms with Crippen molar-refractivity contribution in [1.82, 2.24) is 0 Å². The Kier molecular flexibility index (Phi) is 8.03. The van der Waals surface area contributed by atoms with Gasteiger partial charge in [0.1, 0.15) is 28.8 Å². The smallest absolute Gasteiger partial charge is 0.429 e. The molecule has 0 spiro atoms. The van der Waals surface area contributed by atoms with E-state index in [-0.39, 0.29) is 30.2 Å². The second-order valence-corrected chi connectivity index (χ2v) is 7.84. The number of rotatable bonds is 8. The van der Waals surface area contributed by atoms with Gasteiger partial charge in [-0.3, -0.25) is 5.11 Å². The van der Waals surface area contributed by atoms with E-state index in [9.17, 15) is 49.0 Å². The van der Waals surface area contributed by atoms with Gasteiger partial charge in [-0.25, -0.2) is 26.3 Å². The summed E-state index contributed by atoms with van der Waals surface area (Å²) >= 11 is 0. The highest BCUT2D eigenvalue weighted by atomic mass is 19.4. The van der Waals surface area contributed by atoms with Crippen molar-refractivity contribution in [2.75, 3.05) is 0 Å². The molecular weight excluding hydrogens is 545 g/mol. The molecule has 14 heteroatoms. The number of alkyl halides is 5. The van der Waals surface area contributed by atoms with Gasteiger partial charge in [-0.1, -0.05) is 13.3 Å². The minimum Gasteiger partial charge on any atom is -0.429 e. The normalized spacial score (nSPS) is 12.1. The molecule has 0 aliphatic heterocycles. The van der Waals surface area contributed by atoms with Crippen molar-refractivity contribution < 1.29 is 62.9 Å². The summed E-state index contributed by atoms with van der Waals surface area (Å²) in [5.74, 6) is -17.4. The monoisotopic (exact) mass is 559 g/mol. The van der Waals surface area contributed by atoms with Gasteiger partial charge in [0.05, 0.1) is 11.1 Å². The lowest BCUT2D eigenvalue weighted by atomic mass is 9.96. The molecule has 0 saturated heterocycles. The molecule has 0 unspecified atom stereocenters. The molecule has 0 N–H and O–H groups in total. The molecule has 0 aromatic heterocycles. The minimum atomic E-state index is -5.56. The Balaban J connectivity index is 2.08. The summed E-state index contributed by atoms with van der Waals surface area (Å²) in [6.07, 6.45) is -9.41. The zero-order valence-corrected chi connectivity index (χ0v) is 18.9. The molecule has 3 nitrogen and oxygen atoms in total. The number of hydrogen-bond acceptors (Lipinski definition) is 2. The van der Waals surface area contributed by atoms with Crippen LogP contribution in [-0.2, 0) is 17.6 Å². The predicted octanol–water partition coefficient (Wildman–Crippen LogP) is 8.70.